The molecule has 0 amide bonds. The second-order valence-electron chi connectivity index (χ2n) is 5.44. The van der Waals surface area contributed by atoms with Crippen LogP contribution < -0.4 is 0 Å². The first kappa shape index (κ1) is 15.7. The molecule has 0 nitrogen and oxygen atoms in total. The maximum atomic E-state index is 6.14. The summed E-state index contributed by atoms with van der Waals surface area (Å²) in [7, 11) is 0. The number of benzene rings is 2. The van der Waals surface area contributed by atoms with E-state index in [1.807, 2.05) is 12.1 Å². The van der Waals surface area contributed by atoms with Gasteiger partial charge in [-0.3, -0.25) is 0 Å². The molecule has 0 aliphatic carbocycles. The van der Waals surface area contributed by atoms with Gasteiger partial charge in [0.05, 0.1) is 10.0 Å². The van der Waals surface area contributed by atoms with Gasteiger partial charge in [-0.05, 0) is 59.7 Å². The second kappa shape index (κ2) is 7.33. The van der Waals surface area contributed by atoms with Crippen molar-refractivity contribution in [2.24, 2.45) is 0 Å². The summed E-state index contributed by atoms with van der Waals surface area (Å²) < 4.78 is 0. The zero-order chi connectivity index (χ0) is 14.5. The van der Waals surface area contributed by atoms with Crippen LogP contribution in [0.4, 0.5) is 0 Å². The molecule has 2 aromatic carbocycles. The number of unbranched alkanes of at least 4 members (excludes halogenated alkanes) is 2. The molecule has 20 heavy (non-hydrogen) atoms. The molecule has 2 rings (SSSR count). The fraction of sp³-hybridized carbons (Fsp3) is 0.444. The Morgan fingerprint density at radius 1 is 0.700 bits per heavy atom. The fourth-order valence-corrected chi connectivity index (χ4v) is 2.93. The van der Waals surface area contributed by atoms with E-state index in [2.05, 4.69) is 26.0 Å². The van der Waals surface area contributed by atoms with Gasteiger partial charge in [0.15, 0.2) is 0 Å². The monoisotopic (exact) mass is 308 g/mol. The molecular formula is C18H22Cl2. The van der Waals surface area contributed by atoms with Gasteiger partial charge in [-0.25, -0.2) is 0 Å². The van der Waals surface area contributed by atoms with Gasteiger partial charge in [0.1, 0.15) is 0 Å². The Labute approximate surface area is 132 Å². The smallest absolute Gasteiger partial charge is 0.0598 e. The summed E-state index contributed by atoms with van der Waals surface area (Å²) >= 11 is 12.3. The van der Waals surface area contributed by atoms with Gasteiger partial charge in [0.25, 0.3) is 0 Å². The van der Waals surface area contributed by atoms with Gasteiger partial charge in [-0.2, -0.15) is 0 Å². The Balaban J connectivity index is 2.46. The molecule has 0 bridgehead atoms. The summed E-state index contributed by atoms with van der Waals surface area (Å²) in [4.78, 5) is 0. The molecule has 0 N–H and O–H groups in total. The zero-order valence-electron chi connectivity index (χ0n) is 12.3. The van der Waals surface area contributed by atoms with Crippen molar-refractivity contribution in [3.05, 3.63) is 45.4 Å². The maximum absolute atomic E-state index is 6.14. The first-order valence-corrected chi connectivity index (χ1v) is 8.31. The number of hydrogen-bond donors (Lipinski definition) is 0. The molecule has 2 aromatic rings. The third-order valence-corrected chi connectivity index (χ3v) is 4.52. The van der Waals surface area contributed by atoms with Crippen molar-refractivity contribution < 1.29 is 0 Å². The van der Waals surface area contributed by atoms with Gasteiger partial charge in [0.2, 0.25) is 0 Å². The molecule has 0 atom stereocenters. The molecule has 0 aliphatic heterocycles. The van der Waals surface area contributed by atoms with Crippen LogP contribution in [-0.2, 0) is 12.8 Å². The fourth-order valence-electron chi connectivity index (χ4n) is 2.59. The Hall–Kier alpha value is -0.720. The summed E-state index contributed by atoms with van der Waals surface area (Å²) in [5, 5.41) is 3.68. The number of aryl methyl sites for hydroxylation is 2. The van der Waals surface area contributed by atoms with Crippen molar-refractivity contribution >= 4 is 34.0 Å². The van der Waals surface area contributed by atoms with Crippen molar-refractivity contribution in [3.63, 3.8) is 0 Å². The van der Waals surface area contributed by atoms with Crippen molar-refractivity contribution in [2.75, 3.05) is 0 Å². The molecule has 0 saturated carbocycles. The van der Waals surface area contributed by atoms with Crippen molar-refractivity contribution in [3.8, 4) is 0 Å². The first-order chi connectivity index (χ1) is 9.65. The SMILES string of the molecule is CCCCc1cc2cc(Cl)c(Cl)cc2cc1CCCC. The second-order valence-corrected chi connectivity index (χ2v) is 6.26. The lowest BCUT2D eigenvalue weighted by atomic mass is 9.94. The van der Waals surface area contributed by atoms with E-state index in [0.717, 1.165) is 12.8 Å². The minimum absolute atomic E-state index is 0.641. The molecule has 108 valence electrons. The molecular weight excluding hydrogens is 287 g/mol. The van der Waals surface area contributed by atoms with Gasteiger partial charge < -0.3 is 0 Å². The van der Waals surface area contributed by atoms with Crippen LogP contribution in [0, 0.1) is 0 Å². The Bertz CT molecular complexity index is 535. The highest BCUT2D eigenvalue weighted by molar-refractivity contribution is 6.42. The van der Waals surface area contributed by atoms with E-state index >= 15 is 0 Å². The molecule has 0 unspecified atom stereocenters. The first-order valence-electron chi connectivity index (χ1n) is 7.56. The van der Waals surface area contributed by atoms with E-state index in [1.165, 1.54) is 47.6 Å². The van der Waals surface area contributed by atoms with E-state index in [9.17, 15) is 0 Å². The van der Waals surface area contributed by atoms with E-state index in [-0.39, 0.29) is 0 Å². The third kappa shape index (κ3) is 3.68. The number of hydrogen-bond acceptors (Lipinski definition) is 0. The lowest BCUT2D eigenvalue weighted by Gasteiger charge is -2.12. The molecule has 0 spiro atoms. The number of halogens is 2. The minimum Gasteiger partial charge on any atom is -0.0827 e. The normalized spacial score (nSPS) is 11.2. The largest absolute Gasteiger partial charge is 0.0827 e. The van der Waals surface area contributed by atoms with E-state index < -0.39 is 0 Å². The quantitative estimate of drug-likeness (QED) is 0.548. The standard InChI is InChI=1S/C18H22Cl2/c1-3-5-7-13-9-15-11-17(19)18(20)12-16(15)10-14(13)8-6-4-2/h9-12H,3-8H2,1-2H3. The molecule has 0 radical (unpaired) electrons. The van der Waals surface area contributed by atoms with Crippen molar-refractivity contribution in [2.45, 2.75) is 52.4 Å². The summed E-state index contributed by atoms with van der Waals surface area (Å²) in [6.45, 7) is 4.48. The van der Waals surface area contributed by atoms with Crippen LogP contribution in [0.15, 0.2) is 24.3 Å². The number of rotatable bonds is 6. The lowest BCUT2D eigenvalue weighted by Crippen LogP contribution is -1.96. The Morgan fingerprint density at radius 3 is 1.45 bits per heavy atom. The van der Waals surface area contributed by atoms with Gasteiger partial charge in [0, 0.05) is 0 Å². The highest BCUT2D eigenvalue weighted by atomic mass is 35.5. The van der Waals surface area contributed by atoms with Gasteiger partial charge >= 0.3 is 0 Å². The van der Waals surface area contributed by atoms with Crippen molar-refractivity contribution in [1.82, 2.24) is 0 Å². The van der Waals surface area contributed by atoms with Crippen LogP contribution in [-0.4, -0.2) is 0 Å². The van der Waals surface area contributed by atoms with Crippen LogP contribution in [0.25, 0.3) is 10.8 Å². The van der Waals surface area contributed by atoms with Crippen molar-refractivity contribution in [1.29, 1.82) is 0 Å². The predicted molar refractivity (Wildman–Crippen MR) is 91.2 cm³/mol. The molecule has 0 aromatic heterocycles. The predicted octanol–water partition coefficient (Wildman–Crippen LogP) is 6.83. The van der Waals surface area contributed by atoms with Gasteiger partial charge in [-0.1, -0.05) is 62.0 Å². The highest BCUT2D eigenvalue weighted by Gasteiger charge is 2.07. The van der Waals surface area contributed by atoms with Crippen LogP contribution in [0.1, 0.15) is 50.7 Å². The molecule has 2 heteroatoms. The summed E-state index contributed by atoms with van der Waals surface area (Å²) in [6, 6.07) is 8.58. The van der Waals surface area contributed by atoms with Gasteiger partial charge in [-0.15, -0.1) is 0 Å². The third-order valence-electron chi connectivity index (χ3n) is 3.80. The highest BCUT2D eigenvalue weighted by Crippen LogP contribution is 2.30. The summed E-state index contributed by atoms with van der Waals surface area (Å²) in [5.74, 6) is 0. The molecule has 0 saturated heterocycles. The Morgan fingerprint density at radius 2 is 1.10 bits per heavy atom. The lowest BCUT2D eigenvalue weighted by molar-refractivity contribution is 0.759. The van der Waals surface area contributed by atoms with E-state index in [0.29, 0.717) is 10.0 Å². The topological polar surface area (TPSA) is 0 Å². The minimum atomic E-state index is 0.641. The van der Waals surface area contributed by atoms with E-state index in [4.69, 9.17) is 23.2 Å². The van der Waals surface area contributed by atoms with Crippen LogP contribution in [0.2, 0.25) is 10.0 Å². The summed E-state index contributed by atoms with van der Waals surface area (Å²) in [6.07, 6.45) is 7.26. The zero-order valence-corrected chi connectivity index (χ0v) is 13.8. The van der Waals surface area contributed by atoms with E-state index in [1.54, 1.807) is 0 Å². The Kier molecular flexibility index (Phi) is 5.74. The summed E-state index contributed by atoms with van der Waals surface area (Å²) in [5.41, 5.74) is 2.96. The molecule has 0 aliphatic rings. The van der Waals surface area contributed by atoms with Crippen LogP contribution in [0.5, 0.6) is 0 Å². The molecule has 0 fully saturated rings. The van der Waals surface area contributed by atoms with Crippen LogP contribution in [0.3, 0.4) is 0 Å². The van der Waals surface area contributed by atoms with Crippen LogP contribution >= 0.6 is 23.2 Å². The maximum Gasteiger partial charge on any atom is 0.0598 e. The molecule has 0 heterocycles. The average molecular weight is 309 g/mol. The average Bonchev–Trinajstić information content (AvgIpc) is 2.44. The number of fused-ring (bicyclic) bond motifs is 1.